The number of aromatic nitrogens is 2. The van der Waals surface area contributed by atoms with Crippen LogP contribution < -0.4 is 10.6 Å². The van der Waals surface area contributed by atoms with Gasteiger partial charge in [-0.05, 0) is 38.5 Å². The second-order valence-corrected chi connectivity index (χ2v) is 10.4. The summed E-state index contributed by atoms with van der Waals surface area (Å²) in [5.41, 5.74) is 0.256. The van der Waals surface area contributed by atoms with Gasteiger partial charge in [0.2, 0.25) is 0 Å². The minimum atomic E-state index is -4.18. The molecule has 9 nitrogen and oxygen atoms in total. The Balaban J connectivity index is 2.30. The predicted octanol–water partition coefficient (Wildman–Crippen LogP) is 4.07. The number of ether oxygens (including phenoxy) is 1. The molecule has 12 heteroatoms. The number of esters is 1. The number of imidazole rings is 1. The number of urea groups is 1. The molecule has 1 aromatic carbocycles. The number of hydrogen-bond donors (Lipinski definition) is 2. The first-order chi connectivity index (χ1) is 15.6. The number of rotatable bonds is 8. The van der Waals surface area contributed by atoms with Gasteiger partial charge in [-0.1, -0.05) is 46.9 Å². The summed E-state index contributed by atoms with van der Waals surface area (Å²) in [6.45, 7) is 5.25. The second kappa shape index (κ2) is 10.3. The van der Waals surface area contributed by atoms with Crippen molar-refractivity contribution in [3.63, 3.8) is 0 Å². The maximum Gasteiger partial charge on any atom is 0.338 e. The highest BCUT2D eigenvalue weighted by molar-refractivity contribution is 9.10. The zero-order valence-corrected chi connectivity index (χ0v) is 21.5. The summed E-state index contributed by atoms with van der Waals surface area (Å²) in [7, 11) is -4.18. The van der Waals surface area contributed by atoms with E-state index >= 15 is 0 Å². The summed E-state index contributed by atoms with van der Waals surface area (Å²) in [6.07, 6.45) is 1.80. The number of aryl methyl sites for hydroxylation is 1. The van der Waals surface area contributed by atoms with Crippen molar-refractivity contribution in [2.75, 3.05) is 6.61 Å². The van der Waals surface area contributed by atoms with Crippen LogP contribution in [0.5, 0.6) is 0 Å². The third-order valence-electron chi connectivity index (χ3n) is 5.02. The van der Waals surface area contributed by atoms with Crippen molar-refractivity contribution in [2.24, 2.45) is 0 Å². The number of benzene rings is 1. The minimum Gasteiger partial charge on any atom is -0.463 e. The van der Waals surface area contributed by atoms with E-state index in [0.717, 1.165) is 10.4 Å². The van der Waals surface area contributed by atoms with Crippen LogP contribution in [0.15, 0.2) is 44.9 Å². The fraction of sp³-hybridized carbons (Fsp3) is 0.381. The third-order valence-corrected chi connectivity index (χ3v) is 7.53. The zero-order valence-electron chi connectivity index (χ0n) is 18.3. The van der Waals surface area contributed by atoms with Crippen LogP contribution in [0.4, 0.5) is 4.79 Å². The maximum atomic E-state index is 13.8. The van der Waals surface area contributed by atoms with E-state index < -0.39 is 28.1 Å². The summed E-state index contributed by atoms with van der Waals surface area (Å²) in [5, 5.41) is 5.01. The molecule has 1 aromatic heterocycles. The molecule has 2 heterocycles. The van der Waals surface area contributed by atoms with Gasteiger partial charge in [0.1, 0.15) is 17.6 Å². The normalized spacial score (nSPS) is 16.4. The van der Waals surface area contributed by atoms with Gasteiger partial charge in [0, 0.05) is 16.6 Å². The van der Waals surface area contributed by atoms with Crippen LogP contribution >= 0.6 is 27.5 Å². The van der Waals surface area contributed by atoms with E-state index in [1.807, 2.05) is 6.92 Å². The Morgan fingerprint density at radius 2 is 2.06 bits per heavy atom. The number of nitrogens with one attached hydrogen (secondary N) is 2. The van der Waals surface area contributed by atoms with Gasteiger partial charge in [0.05, 0.1) is 17.1 Å². The van der Waals surface area contributed by atoms with Crippen molar-refractivity contribution < 1.29 is 22.7 Å². The lowest BCUT2D eigenvalue weighted by molar-refractivity contribution is -0.139. The summed E-state index contributed by atoms with van der Waals surface area (Å²) in [5.74, 6) is -0.489. The first-order valence-corrected chi connectivity index (χ1v) is 13.0. The Kier molecular flexibility index (Phi) is 7.86. The largest absolute Gasteiger partial charge is 0.463 e. The van der Waals surface area contributed by atoms with E-state index in [4.69, 9.17) is 16.3 Å². The number of carbonyl (C=O) groups excluding carboxylic acids is 2. The van der Waals surface area contributed by atoms with Crippen molar-refractivity contribution in [2.45, 2.75) is 51.0 Å². The molecule has 1 aliphatic rings. The average molecular weight is 560 g/mol. The first-order valence-electron chi connectivity index (χ1n) is 10.3. The van der Waals surface area contributed by atoms with Gasteiger partial charge in [-0.25, -0.2) is 27.0 Å². The van der Waals surface area contributed by atoms with Crippen LogP contribution in [0.3, 0.4) is 0 Å². The van der Waals surface area contributed by atoms with Crippen molar-refractivity contribution in [1.82, 2.24) is 19.6 Å². The molecule has 33 heavy (non-hydrogen) atoms. The molecule has 2 N–H and O–H groups in total. The molecule has 0 aliphatic carbocycles. The van der Waals surface area contributed by atoms with Crippen molar-refractivity contribution >= 4 is 49.6 Å². The van der Waals surface area contributed by atoms with Crippen LogP contribution in [-0.2, 0) is 26.0 Å². The number of halogens is 2. The summed E-state index contributed by atoms with van der Waals surface area (Å²) >= 11 is 9.78. The van der Waals surface area contributed by atoms with Gasteiger partial charge < -0.3 is 15.4 Å². The maximum absolute atomic E-state index is 13.8. The Morgan fingerprint density at radius 1 is 1.33 bits per heavy atom. The second-order valence-electron chi connectivity index (χ2n) is 7.33. The SMILES string of the molecule is CCCCc1nc(Cl)c(C2NC(=O)NC(C)=C2C(=O)OCC)n1S(=O)(=O)c1cccc(Br)c1. The topological polar surface area (TPSA) is 119 Å². The molecule has 0 saturated carbocycles. The molecule has 1 aliphatic heterocycles. The van der Waals surface area contributed by atoms with Crippen LogP contribution in [0.2, 0.25) is 5.15 Å². The fourth-order valence-corrected chi connectivity index (χ4v) is 6.04. The highest BCUT2D eigenvalue weighted by Gasteiger charge is 2.39. The van der Waals surface area contributed by atoms with Gasteiger partial charge in [-0.2, -0.15) is 0 Å². The molecule has 0 fully saturated rings. The Labute approximate surface area is 205 Å². The van der Waals surface area contributed by atoms with Crippen LogP contribution in [0.1, 0.15) is 51.2 Å². The molecule has 1 atom stereocenters. The molecule has 2 amide bonds. The van der Waals surface area contributed by atoms with E-state index in [9.17, 15) is 18.0 Å². The molecule has 0 radical (unpaired) electrons. The third kappa shape index (κ3) is 5.10. The van der Waals surface area contributed by atoms with E-state index in [-0.39, 0.29) is 39.4 Å². The van der Waals surface area contributed by atoms with Gasteiger partial charge in [0.15, 0.2) is 5.15 Å². The molecule has 1 unspecified atom stereocenters. The van der Waals surface area contributed by atoms with Crippen LogP contribution in [0.25, 0.3) is 0 Å². The Hall–Kier alpha value is -2.37. The highest BCUT2D eigenvalue weighted by atomic mass is 79.9. The average Bonchev–Trinajstić information content (AvgIpc) is 3.08. The molecule has 2 aromatic rings. The van der Waals surface area contributed by atoms with E-state index in [2.05, 4.69) is 31.5 Å². The molecule has 0 saturated heterocycles. The molecular weight excluding hydrogens is 536 g/mol. The number of allylic oxidation sites excluding steroid dienone is 1. The molecule has 3 rings (SSSR count). The van der Waals surface area contributed by atoms with E-state index in [0.29, 0.717) is 17.3 Å². The van der Waals surface area contributed by atoms with Crippen molar-refractivity contribution in [1.29, 1.82) is 0 Å². The number of unbranched alkanes of at least 4 members (excludes halogenated alkanes) is 1. The lowest BCUT2D eigenvalue weighted by Gasteiger charge is -2.28. The Bertz CT molecular complexity index is 1230. The summed E-state index contributed by atoms with van der Waals surface area (Å²) < 4.78 is 34.4. The number of hydrogen-bond acceptors (Lipinski definition) is 6. The molecular formula is C21H24BrClN4O5S. The monoisotopic (exact) mass is 558 g/mol. The lowest BCUT2D eigenvalue weighted by atomic mass is 10.0. The lowest BCUT2D eigenvalue weighted by Crippen LogP contribution is -2.46. The van der Waals surface area contributed by atoms with E-state index in [1.165, 1.54) is 19.1 Å². The zero-order chi connectivity index (χ0) is 24.3. The number of nitrogens with zero attached hydrogens (tertiary/aromatic N) is 2. The number of carbonyl (C=O) groups is 2. The van der Waals surface area contributed by atoms with Gasteiger partial charge >= 0.3 is 12.0 Å². The van der Waals surface area contributed by atoms with Gasteiger partial charge in [-0.15, -0.1) is 0 Å². The van der Waals surface area contributed by atoms with Gasteiger partial charge in [0.25, 0.3) is 10.0 Å². The van der Waals surface area contributed by atoms with Crippen molar-refractivity contribution in [3.8, 4) is 0 Å². The summed E-state index contributed by atoms with van der Waals surface area (Å²) in [4.78, 5) is 29.4. The van der Waals surface area contributed by atoms with Crippen molar-refractivity contribution in [3.05, 3.63) is 56.7 Å². The first kappa shape index (κ1) is 25.3. The van der Waals surface area contributed by atoms with Crippen LogP contribution in [0, 0.1) is 0 Å². The Morgan fingerprint density at radius 3 is 2.70 bits per heavy atom. The highest BCUT2D eigenvalue weighted by Crippen LogP contribution is 2.36. The smallest absolute Gasteiger partial charge is 0.338 e. The predicted molar refractivity (Wildman–Crippen MR) is 126 cm³/mol. The summed E-state index contributed by atoms with van der Waals surface area (Å²) in [6, 6.07) is 4.43. The molecule has 178 valence electrons. The van der Waals surface area contributed by atoms with E-state index in [1.54, 1.807) is 19.1 Å². The fourth-order valence-electron chi connectivity index (χ4n) is 3.55. The minimum absolute atomic E-state index is 0.00332. The standard InChI is InChI=1S/C21H24BrClN4O5S/c1-4-6-10-15-25-19(23)18(27(15)33(30,31)14-9-7-8-13(22)11-14)17-16(20(28)32-5-2)12(3)24-21(29)26-17/h7-9,11,17H,4-6,10H2,1-3H3,(H2,24,26,29). The van der Waals surface area contributed by atoms with Crippen LogP contribution in [-0.4, -0.2) is 36.0 Å². The molecule has 0 bridgehead atoms. The number of amides is 2. The van der Waals surface area contributed by atoms with Gasteiger partial charge in [-0.3, -0.25) is 0 Å². The quantitative estimate of drug-likeness (QED) is 0.471. The molecule has 0 spiro atoms.